The highest BCUT2D eigenvalue weighted by atomic mass is 16.5. The van der Waals surface area contributed by atoms with Crippen LogP contribution in [-0.2, 0) is 10.4 Å². The van der Waals surface area contributed by atoms with E-state index in [1.54, 1.807) is 19.3 Å². The molecule has 1 unspecified atom stereocenters. The van der Waals surface area contributed by atoms with Crippen LogP contribution in [-0.4, -0.2) is 44.3 Å². The summed E-state index contributed by atoms with van der Waals surface area (Å²) >= 11 is 0. The minimum atomic E-state index is -1.63. The molecule has 140 valence electrons. The first-order valence-corrected chi connectivity index (χ1v) is 9.04. The normalized spacial score (nSPS) is 19.6. The number of aliphatic hydroxyl groups is 1. The number of fused-ring (bicyclic) bond motifs is 1. The Labute approximate surface area is 160 Å². The van der Waals surface area contributed by atoms with E-state index < -0.39 is 5.60 Å². The van der Waals surface area contributed by atoms with Crippen molar-refractivity contribution >= 4 is 11.4 Å². The van der Waals surface area contributed by atoms with Gasteiger partial charge >= 0.3 is 0 Å². The lowest BCUT2D eigenvalue weighted by molar-refractivity contribution is -0.144. The summed E-state index contributed by atoms with van der Waals surface area (Å²) in [6, 6.07) is 15.6. The van der Waals surface area contributed by atoms with E-state index in [2.05, 4.69) is 16.3 Å². The number of likely N-dealkylation sites (tertiary alicyclic amines) is 1. The van der Waals surface area contributed by atoms with Gasteiger partial charge in [0.15, 0.2) is 5.76 Å². The van der Waals surface area contributed by atoms with Crippen LogP contribution in [0.5, 0.6) is 0 Å². The fourth-order valence-electron chi connectivity index (χ4n) is 3.65. The third kappa shape index (κ3) is 2.51. The smallest absolute Gasteiger partial charge is 0.262 e. The van der Waals surface area contributed by atoms with Crippen molar-refractivity contribution in [3.05, 3.63) is 66.7 Å². The molecule has 1 fully saturated rings. The number of pyridine rings is 1. The lowest BCUT2D eigenvalue weighted by atomic mass is 9.97. The van der Waals surface area contributed by atoms with Crippen LogP contribution in [0.15, 0.2) is 65.4 Å². The van der Waals surface area contributed by atoms with E-state index in [0.717, 1.165) is 22.2 Å². The number of benzene rings is 1. The first-order chi connectivity index (χ1) is 13.5. The molecule has 3 aromatic heterocycles. The Morgan fingerprint density at radius 3 is 2.75 bits per heavy atom. The van der Waals surface area contributed by atoms with Crippen molar-refractivity contribution in [2.75, 3.05) is 13.6 Å². The van der Waals surface area contributed by atoms with E-state index in [-0.39, 0.29) is 11.7 Å². The molecule has 4 heterocycles. The van der Waals surface area contributed by atoms with Crippen molar-refractivity contribution in [1.82, 2.24) is 19.7 Å². The molecule has 0 bridgehead atoms. The van der Waals surface area contributed by atoms with E-state index >= 15 is 0 Å². The van der Waals surface area contributed by atoms with Gasteiger partial charge in [-0.3, -0.25) is 4.79 Å². The third-order valence-corrected chi connectivity index (χ3v) is 5.32. The van der Waals surface area contributed by atoms with E-state index in [0.29, 0.717) is 18.7 Å². The predicted molar refractivity (Wildman–Crippen MR) is 102 cm³/mol. The molecule has 0 spiro atoms. The average molecular weight is 374 g/mol. The Hall–Kier alpha value is -3.45. The fourth-order valence-corrected chi connectivity index (χ4v) is 3.65. The van der Waals surface area contributed by atoms with Gasteiger partial charge in [-0.15, -0.1) is 0 Å². The molecular formula is C21H18N4O3. The SMILES string of the molecule is CN1CCC(O)(c2cc(-c3cccc(-c4ccn5nccc5c4)c3)no2)C1=O. The molecule has 1 atom stereocenters. The van der Waals surface area contributed by atoms with Gasteiger partial charge in [0.2, 0.25) is 5.60 Å². The number of hydrogen-bond donors (Lipinski definition) is 1. The lowest BCUT2D eigenvalue weighted by Crippen LogP contribution is -2.35. The molecule has 1 aromatic carbocycles. The number of hydrogen-bond acceptors (Lipinski definition) is 5. The summed E-state index contributed by atoms with van der Waals surface area (Å²) in [5, 5.41) is 19.1. The van der Waals surface area contributed by atoms with Crippen LogP contribution in [0.4, 0.5) is 0 Å². The molecule has 4 aromatic rings. The molecule has 1 saturated heterocycles. The topological polar surface area (TPSA) is 83.9 Å². The van der Waals surface area contributed by atoms with Crippen molar-refractivity contribution < 1.29 is 14.4 Å². The molecule has 7 heteroatoms. The minimum absolute atomic E-state index is 0.183. The van der Waals surface area contributed by atoms with Gasteiger partial charge in [-0.05, 0) is 35.4 Å². The maximum atomic E-state index is 12.3. The maximum Gasteiger partial charge on any atom is 0.262 e. The summed E-state index contributed by atoms with van der Waals surface area (Å²) in [5.41, 5.74) is 2.90. The highest BCUT2D eigenvalue weighted by Gasteiger charge is 2.48. The highest BCUT2D eigenvalue weighted by molar-refractivity contribution is 5.87. The number of aromatic nitrogens is 3. The van der Waals surface area contributed by atoms with E-state index in [1.165, 1.54) is 4.90 Å². The van der Waals surface area contributed by atoms with Gasteiger partial charge in [0.05, 0.1) is 5.52 Å². The first kappa shape index (κ1) is 16.7. The Morgan fingerprint density at radius 1 is 1.11 bits per heavy atom. The molecule has 5 rings (SSSR count). The zero-order valence-corrected chi connectivity index (χ0v) is 15.2. The predicted octanol–water partition coefficient (Wildman–Crippen LogP) is 2.71. The molecule has 0 aliphatic carbocycles. The number of amides is 1. The van der Waals surface area contributed by atoms with Crippen molar-refractivity contribution in [3.8, 4) is 22.4 Å². The van der Waals surface area contributed by atoms with Crippen LogP contribution in [0.25, 0.3) is 27.9 Å². The molecule has 0 saturated carbocycles. The summed E-state index contributed by atoms with van der Waals surface area (Å²) < 4.78 is 7.17. The quantitative estimate of drug-likeness (QED) is 0.596. The van der Waals surface area contributed by atoms with Gasteiger partial charge in [0.25, 0.3) is 5.91 Å². The molecule has 1 aliphatic rings. The molecule has 1 amide bonds. The van der Waals surface area contributed by atoms with Crippen molar-refractivity contribution in [2.24, 2.45) is 0 Å². The Morgan fingerprint density at radius 2 is 1.93 bits per heavy atom. The van der Waals surface area contributed by atoms with Crippen molar-refractivity contribution in [2.45, 2.75) is 12.0 Å². The highest BCUT2D eigenvalue weighted by Crippen LogP contribution is 2.35. The monoisotopic (exact) mass is 374 g/mol. The minimum Gasteiger partial charge on any atom is -0.373 e. The summed E-state index contributed by atoms with van der Waals surface area (Å²) in [7, 11) is 1.67. The van der Waals surface area contributed by atoms with Gasteiger partial charge in [-0.1, -0.05) is 23.4 Å². The van der Waals surface area contributed by atoms with Gasteiger partial charge in [-0.25, -0.2) is 4.52 Å². The first-order valence-electron chi connectivity index (χ1n) is 9.04. The Balaban J connectivity index is 1.50. The average Bonchev–Trinajstić information content (AvgIpc) is 3.45. The summed E-state index contributed by atoms with van der Waals surface area (Å²) in [6.45, 7) is 0.484. The van der Waals surface area contributed by atoms with Crippen LogP contribution in [0.2, 0.25) is 0 Å². The number of rotatable bonds is 3. The van der Waals surface area contributed by atoms with Crippen molar-refractivity contribution in [1.29, 1.82) is 0 Å². The molecule has 28 heavy (non-hydrogen) atoms. The second-order valence-corrected chi connectivity index (χ2v) is 7.11. The summed E-state index contributed by atoms with van der Waals surface area (Å²) in [5.74, 6) is -0.180. The Bertz CT molecular complexity index is 1200. The van der Waals surface area contributed by atoms with E-state index in [1.807, 2.05) is 47.1 Å². The largest absolute Gasteiger partial charge is 0.373 e. The number of nitrogens with zero attached hydrogens (tertiary/aromatic N) is 4. The van der Waals surface area contributed by atoms with Crippen molar-refractivity contribution in [3.63, 3.8) is 0 Å². The molecule has 1 N–H and O–H groups in total. The van der Waals surface area contributed by atoms with Crippen LogP contribution < -0.4 is 0 Å². The number of carbonyl (C=O) groups excluding carboxylic acids is 1. The lowest BCUT2D eigenvalue weighted by Gasteiger charge is -2.16. The van der Waals surface area contributed by atoms with Crippen LogP contribution in [0.1, 0.15) is 12.2 Å². The number of carbonyl (C=O) groups is 1. The van der Waals surface area contributed by atoms with Gasteiger partial charge in [0, 0.05) is 44.0 Å². The van der Waals surface area contributed by atoms with Crippen LogP contribution in [0.3, 0.4) is 0 Å². The standard InChI is InChI=1S/C21H18N4O3/c1-24-10-7-21(27,20(24)26)19-13-18(23-28-19)16-4-2-3-14(11-16)15-6-9-25-17(12-15)5-8-22-25/h2-6,8-9,11-13,27H,7,10H2,1H3. The van der Waals surface area contributed by atoms with Gasteiger partial charge in [0.1, 0.15) is 5.69 Å². The Kier molecular flexibility index (Phi) is 3.60. The van der Waals surface area contributed by atoms with E-state index in [4.69, 9.17) is 4.52 Å². The van der Waals surface area contributed by atoms with Gasteiger partial charge < -0.3 is 14.5 Å². The van der Waals surface area contributed by atoms with Crippen LogP contribution in [0, 0.1) is 0 Å². The zero-order chi connectivity index (χ0) is 19.3. The second kappa shape index (κ2) is 6.03. The number of likely N-dealkylation sites (N-methyl/N-ethyl adjacent to an activating group) is 1. The molecular weight excluding hydrogens is 356 g/mol. The molecule has 7 nitrogen and oxygen atoms in total. The fraction of sp³-hybridized carbons (Fsp3) is 0.190. The summed E-state index contributed by atoms with van der Waals surface area (Å²) in [6.07, 6.45) is 3.98. The summed E-state index contributed by atoms with van der Waals surface area (Å²) in [4.78, 5) is 13.8. The third-order valence-electron chi connectivity index (χ3n) is 5.32. The second-order valence-electron chi connectivity index (χ2n) is 7.11. The van der Waals surface area contributed by atoms with E-state index in [9.17, 15) is 9.90 Å². The van der Waals surface area contributed by atoms with Crippen LogP contribution >= 0.6 is 0 Å². The molecule has 1 aliphatic heterocycles. The zero-order valence-electron chi connectivity index (χ0n) is 15.2. The molecule has 0 radical (unpaired) electrons. The van der Waals surface area contributed by atoms with Gasteiger partial charge in [-0.2, -0.15) is 5.10 Å². The maximum absolute atomic E-state index is 12.3.